The largest absolute Gasteiger partial charge is 0.0775 e. The molecule has 0 spiro atoms. The minimum atomic E-state index is 1.05. The monoisotopic (exact) mass is 238 g/mol. The first kappa shape index (κ1) is 12.9. The summed E-state index contributed by atoms with van der Waals surface area (Å²) in [6.07, 6.45) is 13.6. The van der Waals surface area contributed by atoms with E-state index in [9.17, 15) is 0 Å². The molecule has 0 fully saturated rings. The standard InChI is InChI=1S/C18H22/c1-3-15-6-5-7-17(11-8-15)14-18-12-9-16(4-2)10-13-18/h6-13H,3-5,14H2,1-2H3. The topological polar surface area (TPSA) is 0 Å². The van der Waals surface area contributed by atoms with Gasteiger partial charge in [0.1, 0.15) is 0 Å². The van der Waals surface area contributed by atoms with Crippen molar-refractivity contribution in [3.05, 3.63) is 70.8 Å². The minimum absolute atomic E-state index is 1.05. The fraction of sp³-hybridized carbons (Fsp3) is 0.333. The highest BCUT2D eigenvalue weighted by molar-refractivity contribution is 5.36. The van der Waals surface area contributed by atoms with Crippen LogP contribution in [0.15, 0.2) is 59.7 Å². The van der Waals surface area contributed by atoms with Crippen LogP contribution in [0.2, 0.25) is 0 Å². The maximum Gasteiger partial charge on any atom is -0.00288 e. The van der Waals surface area contributed by atoms with Gasteiger partial charge in [-0.15, -0.1) is 0 Å². The van der Waals surface area contributed by atoms with Crippen molar-refractivity contribution in [3.8, 4) is 0 Å². The number of benzene rings is 1. The summed E-state index contributed by atoms with van der Waals surface area (Å²) in [6.45, 7) is 4.41. The van der Waals surface area contributed by atoms with Crippen molar-refractivity contribution in [3.63, 3.8) is 0 Å². The predicted molar refractivity (Wildman–Crippen MR) is 79.7 cm³/mol. The molecule has 0 heteroatoms. The molecule has 1 aromatic carbocycles. The third-order valence-electron chi connectivity index (χ3n) is 3.52. The second-order valence-corrected chi connectivity index (χ2v) is 4.83. The minimum Gasteiger partial charge on any atom is -0.0775 e. The first-order chi connectivity index (χ1) is 8.81. The van der Waals surface area contributed by atoms with Gasteiger partial charge in [-0.05, 0) is 42.4 Å². The van der Waals surface area contributed by atoms with Gasteiger partial charge in [-0.2, -0.15) is 0 Å². The van der Waals surface area contributed by atoms with E-state index >= 15 is 0 Å². The molecule has 0 unspecified atom stereocenters. The van der Waals surface area contributed by atoms with Crippen LogP contribution in [0.25, 0.3) is 0 Å². The maximum absolute atomic E-state index is 2.34. The molecule has 1 aliphatic rings. The Labute approximate surface area is 111 Å². The zero-order valence-corrected chi connectivity index (χ0v) is 11.4. The molecule has 0 heterocycles. The van der Waals surface area contributed by atoms with E-state index in [2.05, 4.69) is 62.4 Å². The van der Waals surface area contributed by atoms with Gasteiger partial charge in [0.2, 0.25) is 0 Å². The number of rotatable bonds is 4. The second kappa shape index (κ2) is 6.39. The number of hydrogen-bond acceptors (Lipinski definition) is 0. The van der Waals surface area contributed by atoms with E-state index in [0.29, 0.717) is 0 Å². The van der Waals surface area contributed by atoms with Crippen LogP contribution in [-0.2, 0) is 12.8 Å². The van der Waals surface area contributed by atoms with Crippen LogP contribution in [0, 0.1) is 0 Å². The number of hydrogen-bond donors (Lipinski definition) is 0. The molecule has 0 amide bonds. The fourth-order valence-electron chi connectivity index (χ4n) is 2.23. The summed E-state index contributed by atoms with van der Waals surface area (Å²) in [5, 5.41) is 0. The molecule has 0 nitrogen and oxygen atoms in total. The van der Waals surface area contributed by atoms with Crippen LogP contribution in [0.1, 0.15) is 37.8 Å². The van der Waals surface area contributed by atoms with Crippen LogP contribution in [-0.4, -0.2) is 0 Å². The van der Waals surface area contributed by atoms with Gasteiger partial charge in [0.25, 0.3) is 0 Å². The van der Waals surface area contributed by atoms with Gasteiger partial charge in [0.15, 0.2) is 0 Å². The molecule has 0 N–H and O–H groups in total. The van der Waals surface area contributed by atoms with E-state index in [1.54, 1.807) is 0 Å². The van der Waals surface area contributed by atoms with Crippen LogP contribution < -0.4 is 0 Å². The Bertz CT molecular complexity index is 469. The van der Waals surface area contributed by atoms with Gasteiger partial charge in [-0.25, -0.2) is 0 Å². The molecular formula is C18H22. The zero-order chi connectivity index (χ0) is 12.8. The molecule has 1 aliphatic carbocycles. The van der Waals surface area contributed by atoms with E-state index in [1.807, 2.05) is 0 Å². The molecule has 18 heavy (non-hydrogen) atoms. The summed E-state index contributed by atoms with van der Waals surface area (Å²) < 4.78 is 0. The van der Waals surface area contributed by atoms with Crippen molar-refractivity contribution in [1.82, 2.24) is 0 Å². The summed E-state index contributed by atoms with van der Waals surface area (Å²) in [5.41, 5.74) is 5.70. The average molecular weight is 238 g/mol. The van der Waals surface area contributed by atoms with Crippen molar-refractivity contribution in [2.24, 2.45) is 0 Å². The molecule has 0 saturated heterocycles. The SMILES string of the molecule is CCC1=CCC=C(Cc2ccc(CC)cc2)C=C1. The van der Waals surface area contributed by atoms with Gasteiger partial charge in [-0.3, -0.25) is 0 Å². The lowest BCUT2D eigenvalue weighted by Gasteiger charge is -2.04. The Morgan fingerprint density at radius 2 is 1.39 bits per heavy atom. The van der Waals surface area contributed by atoms with Crippen molar-refractivity contribution >= 4 is 0 Å². The first-order valence-corrected chi connectivity index (χ1v) is 6.95. The summed E-state index contributed by atoms with van der Waals surface area (Å²) in [7, 11) is 0. The smallest absolute Gasteiger partial charge is 0.00288 e. The van der Waals surface area contributed by atoms with Gasteiger partial charge in [0, 0.05) is 0 Å². The van der Waals surface area contributed by atoms with Crippen LogP contribution >= 0.6 is 0 Å². The van der Waals surface area contributed by atoms with Crippen molar-refractivity contribution < 1.29 is 0 Å². The Kier molecular flexibility index (Phi) is 4.58. The third-order valence-corrected chi connectivity index (χ3v) is 3.52. The van der Waals surface area contributed by atoms with Crippen molar-refractivity contribution in [2.45, 2.75) is 39.5 Å². The summed E-state index contributed by atoms with van der Waals surface area (Å²) in [6, 6.07) is 9.00. The lowest BCUT2D eigenvalue weighted by Crippen LogP contribution is -1.89. The molecule has 0 saturated carbocycles. The molecule has 1 aromatic rings. The highest BCUT2D eigenvalue weighted by Gasteiger charge is 2.00. The molecule has 0 aliphatic heterocycles. The number of aryl methyl sites for hydroxylation is 1. The van der Waals surface area contributed by atoms with Gasteiger partial charge in [-0.1, -0.05) is 68.0 Å². The molecule has 0 atom stereocenters. The Hall–Kier alpha value is -1.56. The van der Waals surface area contributed by atoms with E-state index in [0.717, 1.165) is 25.7 Å². The summed E-state index contributed by atoms with van der Waals surface area (Å²) in [4.78, 5) is 0. The van der Waals surface area contributed by atoms with E-state index in [1.165, 1.54) is 22.3 Å². The first-order valence-electron chi connectivity index (χ1n) is 6.95. The molecule has 0 radical (unpaired) electrons. The quantitative estimate of drug-likeness (QED) is 0.691. The maximum atomic E-state index is 2.34. The van der Waals surface area contributed by atoms with Crippen LogP contribution in [0.5, 0.6) is 0 Å². The van der Waals surface area contributed by atoms with Crippen molar-refractivity contribution in [1.29, 1.82) is 0 Å². The van der Waals surface area contributed by atoms with Crippen molar-refractivity contribution in [2.75, 3.05) is 0 Å². The molecular weight excluding hydrogens is 216 g/mol. The van der Waals surface area contributed by atoms with Gasteiger partial charge in [0.05, 0.1) is 0 Å². The molecule has 0 aromatic heterocycles. The second-order valence-electron chi connectivity index (χ2n) is 4.83. The Balaban J connectivity index is 2.03. The van der Waals surface area contributed by atoms with E-state index < -0.39 is 0 Å². The Morgan fingerprint density at radius 3 is 2.06 bits per heavy atom. The average Bonchev–Trinajstić information content (AvgIpc) is 2.65. The van der Waals surface area contributed by atoms with Gasteiger partial charge < -0.3 is 0 Å². The lowest BCUT2D eigenvalue weighted by atomic mass is 10.0. The van der Waals surface area contributed by atoms with Gasteiger partial charge >= 0.3 is 0 Å². The molecule has 0 bridgehead atoms. The van der Waals surface area contributed by atoms with E-state index in [4.69, 9.17) is 0 Å². The summed E-state index contributed by atoms with van der Waals surface area (Å²) in [5.74, 6) is 0. The Morgan fingerprint density at radius 1 is 0.778 bits per heavy atom. The summed E-state index contributed by atoms with van der Waals surface area (Å²) >= 11 is 0. The third kappa shape index (κ3) is 3.46. The van der Waals surface area contributed by atoms with Crippen LogP contribution in [0.3, 0.4) is 0 Å². The lowest BCUT2D eigenvalue weighted by molar-refractivity contribution is 1.11. The van der Waals surface area contributed by atoms with Crippen LogP contribution in [0.4, 0.5) is 0 Å². The fourth-order valence-corrected chi connectivity index (χ4v) is 2.23. The molecule has 94 valence electrons. The van der Waals surface area contributed by atoms with E-state index in [-0.39, 0.29) is 0 Å². The number of allylic oxidation sites excluding steroid dienone is 6. The normalized spacial score (nSPS) is 15.0. The molecule has 2 rings (SSSR count). The zero-order valence-electron chi connectivity index (χ0n) is 11.4. The highest BCUT2D eigenvalue weighted by atomic mass is 14.1. The highest BCUT2D eigenvalue weighted by Crippen LogP contribution is 2.17. The predicted octanol–water partition coefficient (Wildman–Crippen LogP) is 5.01.